The molecule has 3 rings (SSSR count). The summed E-state index contributed by atoms with van der Waals surface area (Å²) in [6, 6.07) is 3.97. The van der Waals surface area contributed by atoms with Gasteiger partial charge in [-0.05, 0) is 44.4 Å². The smallest absolute Gasteiger partial charge is 0.263 e. The van der Waals surface area contributed by atoms with E-state index in [1.54, 1.807) is 11.3 Å². The molecule has 2 N–H and O–H groups in total. The van der Waals surface area contributed by atoms with Crippen LogP contribution in [-0.4, -0.2) is 30.4 Å². The highest BCUT2D eigenvalue weighted by Crippen LogP contribution is 2.48. The number of hydrogen-bond donors (Lipinski definition) is 1. The van der Waals surface area contributed by atoms with Crippen molar-refractivity contribution in [3.8, 4) is 0 Å². The van der Waals surface area contributed by atoms with Gasteiger partial charge in [0, 0.05) is 23.4 Å². The Morgan fingerprint density at radius 2 is 2.44 bits per heavy atom. The number of carbonyl (C=O) groups is 1. The number of amides is 1. The Morgan fingerprint density at radius 1 is 1.61 bits per heavy atom. The van der Waals surface area contributed by atoms with E-state index in [2.05, 4.69) is 0 Å². The van der Waals surface area contributed by atoms with E-state index in [1.807, 2.05) is 24.0 Å². The Labute approximate surface area is 112 Å². The molecule has 1 aromatic heterocycles. The van der Waals surface area contributed by atoms with Crippen molar-refractivity contribution in [2.24, 2.45) is 17.1 Å². The van der Waals surface area contributed by atoms with Crippen LogP contribution >= 0.6 is 11.3 Å². The number of nitrogens with two attached hydrogens (primary N) is 1. The number of hydrogen-bond acceptors (Lipinski definition) is 3. The second kappa shape index (κ2) is 4.35. The van der Waals surface area contributed by atoms with Crippen LogP contribution in [-0.2, 0) is 0 Å². The minimum absolute atomic E-state index is 0.204. The standard InChI is InChI=1S/C14H20N2OS/c1-10-4-5-12(18-10)13(17)16-7-11-3-2-6-14(11,8-15)9-16/h4-5,11H,2-3,6-9,15H2,1H3/t11-,14-/m0/s1. The summed E-state index contributed by atoms with van der Waals surface area (Å²) in [7, 11) is 0. The maximum absolute atomic E-state index is 12.4. The van der Waals surface area contributed by atoms with Crippen molar-refractivity contribution in [1.82, 2.24) is 4.90 Å². The number of thiophene rings is 1. The van der Waals surface area contributed by atoms with E-state index >= 15 is 0 Å². The number of carbonyl (C=O) groups excluding carboxylic acids is 1. The fraction of sp³-hybridized carbons (Fsp3) is 0.643. The maximum atomic E-state index is 12.4. The van der Waals surface area contributed by atoms with E-state index in [0.29, 0.717) is 5.92 Å². The van der Waals surface area contributed by atoms with Gasteiger partial charge in [-0.15, -0.1) is 11.3 Å². The fourth-order valence-corrected chi connectivity index (χ4v) is 4.44. The molecule has 0 radical (unpaired) electrons. The van der Waals surface area contributed by atoms with Crippen LogP contribution in [0.1, 0.15) is 33.8 Å². The zero-order valence-corrected chi connectivity index (χ0v) is 11.6. The zero-order chi connectivity index (χ0) is 12.8. The Hall–Kier alpha value is -0.870. The van der Waals surface area contributed by atoms with Crippen molar-refractivity contribution in [2.45, 2.75) is 26.2 Å². The van der Waals surface area contributed by atoms with Crippen LogP contribution in [0.4, 0.5) is 0 Å². The molecule has 2 aliphatic rings. The SMILES string of the molecule is Cc1ccc(C(=O)N2C[C@@H]3CCC[C@]3(CN)C2)s1. The van der Waals surface area contributed by atoms with Crippen LogP contribution in [0.5, 0.6) is 0 Å². The van der Waals surface area contributed by atoms with Crippen molar-refractivity contribution < 1.29 is 4.79 Å². The molecule has 0 unspecified atom stereocenters. The molecule has 1 aromatic rings. The van der Waals surface area contributed by atoms with Crippen LogP contribution in [0, 0.1) is 18.3 Å². The molecular formula is C14H20N2OS. The molecule has 0 aromatic carbocycles. The Balaban J connectivity index is 1.78. The zero-order valence-electron chi connectivity index (χ0n) is 10.8. The molecule has 1 saturated heterocycles. The van der Waals surface area contributed by atoms with Crippen molar-refractivity contribution in [1.29, 1.82) is 0 Å². The highest BCUT2D eigenvalue weighted by Gasteiger charge is 2.49. The van der Waals surface area contributed by atoms with Crippen LogP contribution in [0.25, 0.3) is 0 Å². The summed E-state index contributed by atoms with van der Waals surface area (Å²) in [6.07, 6.45) is 3.72. The third kappa shape index (κ3) is 1.79. The summed E-state index contributed by atoms with van der Waals surface area (Å²) in [4.78, 5) is 16.5. The maximum Gasteiger partial charge on any atom is 0.263 e. The van der Waals surface area contributed by atoms with Crippen LogP contribution in [0.3, 0.4) is 0 Å². The lowest BCUT2D eigenvalue weighted by Crippen LogP contribution is -2.36. The van der Waals surface area contributed by atoms with Gasteiger partial charge in [0.1, 0.15) is 0 Å². The molecule has 1 aliphatic carbocycles. The summed E-state index contributed by atoms with van der Waals surface area (Å²) < 4.78 is 0. The van der Waals surface area contributed by atoms with Gasteiger partial charge in [0.25, 0.3) is 5.91 Å². The van der Waals surface area contributed by atoms with E-state index in [0.717, 1.165) is 24.5 Å². The van der Waals surface area contributed by atoms with Crippen molar-refractivity contribution in [2.75, 3.05) is 19.6 Å². The van der Waals surface area contributed by atoms with Crippen LogP contribution in [0.2, 0.25) is 0 Å². The molecule has 1 aliphatic heterocycles. The van der Waals surface area contributed by atoms with E-state index in [4.69, 9.17) is 5.73 Å². The number of fused-ring (bicyclic) bond motifs is 1. The third-order valence-electron chi connectivity index (χ3n) is 4.68. The summed E-state index contributed by atoms with van der Waals surface area (Å²) >= 11 is 1.59. The van der Waals surface area contributed by atoms with Gasteiger partial charge in [-0.2, -0.15) is 0 Å². The van der Waals surface area contributed by atoms with E-state index in [-0.39, 0.29) is 11.3 Å². The van der Waals surface area contributed by atoms with Gasteiger partial charge >= 0.3 is 0 Å². The van der Waals surface area contributed by atoms with Gasteiger partial charge in [0.05, 0.1) is 4.88 Å². The second-order valence-corrected chi connectivity index (χ2v) is 7.04. The largest absolute Gasteiger partial charge is 0.337 e. The quantitative estimate of drug-likeness (QED) is 0.890. The first-order valence-corrected chi connectivity index (χ1v) is 7.52. The molecule has 0 bridgehead atoms. The van der Waals surface area contributed by atoms with Gasteiger partial charge in [-0.25, -0.2) is 0 Å². The lowest BCUT2D eigenvalue weighted by atomic mass is 9.81. The molecule has 2 fully saturated rings. The Morgan fingerprint density at radius 3 is 3.06 bits per heavy atom. The van der Waals surface area contributed by atoms with Gasteiger partial charge in [-0.3, -0.25) is 4.79 Å². The van der Waals surface area contributed by atoms with Gasteiger partial charge in [-0.1, -0.05) is 6.42 Å². The molecule has 3 nitrogen and oxygen atoms in total. The minimum atomic E-state index is 0.204. The minimum Gasteiger partial charge on any atom is -0.337 e. The summed E-state index contributed by atoms with van der Waals surface area (Å²) in [5.74, 6) is 0.836. The molecule has 2 heterocycles. The normalized spacial score (nSPS) is 30.8. The number of likely N-dealkylation sites (tertiary alicyclic amines) is 1. The van der Waals surface area contributed by atoms with E-state index < -0.39 is 0 Å². The van der Waals surface area contributed by atoms with E-state index in [9.17, 15) is 4.79 Å². The molecule has 1 amide bonds. The number of aryl methyl sites for hydroxylation is 1. The van der Waals surface area contributed by atoms with Gasteiger partial charge < -0.3 is 10.6 Å². The first-order chi connectivity index (χ1) is 8.64. The van der Waals surface area contributed by atoms with Crippen molar-refractivity contribution >= 4 is 17.2 Å². The molecule has 0 spiro atoms. The van der Waals surface area contributed by atoms with Crippen molar-refractivity contribution in [3.63, 3.8) is 0 Å². The van der Waals surface area contributed by atoms with Crippen molar-refractivity contribution in [3.05, 3.63) is 21.9 Å². The number of nitrogens with zero attached hydrogens (tertiary/aromatic N) is 1. The van der Waals surface area contributed by atoms with E-state index in [1.165, 1.54) is 24.1 Å². The fourth-order valence-electron chi connectivity index (χ4n) is 3.61. The summed E-state index contributed by atoms with van der Waals surface area (Å²) in [5, 5.41) is 0. The lowest BCUT2D eigenvalue weighted by Gasteiger charge is -2.26. The predicted molar refractivity (Wildman–Crippen MR) is 73.8 cm³/mol. The summed E-state index contributed by atoms with van der Waals surface area (Å²) in [5.41, 5.74) is 6.20. The predicted octanol–water partition coefficient (Wildman–Crippen LogP) is 2.26. The monoisotopic (exact) mass is 264 g/mol. The van der Waals surface area contributed by atoms with Crippen LogP contribution in [0.15, 0.2) is 12.1 Å². The highest BCUT2D eigenvalue weighted by atomic mass is 32.1. The molecule has 1 saturated carbocycles. The lowest BCUT2D eigenvalue weighted by molar-refractivity contribution is 0.0775. The Kier molecular flexibility index (Phi) is 2.94. The topological polar surface area (TPSA) is 46.3 Å². The average Bonchev–Trinajstić information content (AvgIpc) is 3.00. The third-order valence-corrected chi connectivity index (χ3v) is 5.67. The molecule has 2 atom stereocenters. The highest BCUT2D eigenvalue weighted by molar-refractivity contribution is 7.13. The molecular weight excluding hydrogens is 244 g/mol. The molecule has 98 valence electrons. The Bertz CT molecular complexity index is 470. The summed E-state index contributed by atoms with van der Waals surface area (Å²) in [6.45, 7) is 4.55. The number of rotatable bonds is 2. The average molecular weight is 264 g/mol. The first kappa shape index (κ1) is 12.2. The second-order valence-electron chi connectivity index (χ2n) is 5.75. The first-order valence-electron chi connectivity index (χ1n) is 6.70. The van der Waals surface area contributed by atoms with Gasteiger partial charge in [0.2, 0.25) is 0 Å². The molecule has 4 heteroatoms. The molecule has 18 heavy (non-hydrogen) atoms. The van der Waals surface area contributed by atoms with Crippen LogP contribution < -0.4 is 5.73 Å². The van der Waals surface area contributed by atoms with Gasteiger partial charge in [0.15, 0.2) is 0 Å².